The van der Waals surface area contributed by atoms with Crippen LogP contribution < -0.4 is 4.18 Å². The van der Waals surface area contributed by atoms with Gasteiger partial charge in [-0.3, -0.25) is 4.79 Å². The van der Waals surface area contributed by atoms with E-state index < -0.39 is 17.6 Å². The van der Waals surface area contributed by atoms with Gasteiger partial charge in [0.25, 0.3) is 0 Å². The lowest BCUT2D eigenvalue weighted by Gasteiger charge is -2.14. The van der Waals surface area contributed by atoms with Gasteiger partial charge in [-0.2, -0.15) is 13.2 Å². The van der Waals surface area contributed by atoms with Crippen molar-refractivity contribution in [1.29, 1.82) is 0 Å². The van der Waals surface area contributed by atoms with E-state index in [1.54, 1.807) is 26.0 Å². The van der Waals surface area contributed by atoms with Crippen LogP contribution in [0.2, 0.25) is 0 Å². The highest BCUT2D eigenvalue weighted by molar-refractivity contribution is 7.95. The van der Waals surface area contributed by atoms with Gasteiger partial charge >= 0.3 is 5.51 Å². The number of ketones is 1. The summed E-state index contributed by atoms with van der Waals surface area (Å²) in [5.74, 6) is 0.397. The van der Waals surface area contributed by atoms with Gasteiger partial charge in [0, 0.05) is 12.0 Å². The van der Waals surface area contributed by atoms with E-state index in [4.69, 9.17) is 4.18 Å². The minimum atomic E-state index is -4.44. The predicted molar refractivity (Wildman–Crippen MR) is 88.3 cm³/mol. The molecular weight excluding hydrogens is 337 g/mol. The van der Waals surface area contributed by atoms with Gasteiger partial charge in [0.15, 0.2) is 17.8 Å². The second-order valence-corrected chi connectivity index (χ2v) is 6.64. The van der Waals surface area contributed by atoms with Gasteiger partial charge in [-0.15, -0.1) is 0 Å². The Bertz CT molecular complexity index is 789. The van der Waals surface area contributed by atoms with Gasteiger partial charge in [0.2, 0.25) is 0 Å². The number of alkyl halides is 3. The molecule has 0 saturated carbocycles. The van der Waals surface area contributed by atoms with E-state index in [0.29, 0.717) is 17.5 Å². The monoisotopic (exact) mass is 352 g/mol. The average Bonchev–Trinajstić information content (AvgIpc) is 2.86. The van der Waals surface area contributed by atoms with E-state index in [9.17, 15) is 18.0 Å². The zero-order valence-corrected chi connectivity index (χ0v) is 14.0. The summed E-state index contributed by atoms with van der Waals surface area (Å²) < 4.78 is 41.8. The van der Waals surface area contributed by atoms with Gasteiger partial charge in [0.05, 0.1) is 0 Å². The Hall–Kier alpha value is -1.95. The molecule has 2 nitrogen and oxygen atoms in total. The molecule has 0 heterocycles. The van der Waals surface area contributed by atoms with Crippen LogP contribution in [0.15, 0.2) is 30.3 Å². The Labute approximate surface area is 142 Å². The molecule has 0 N–H and O–H groups in total. The quantitative estimate of drug-likeness (QED) is 0.668. The van der Waals surface area contributed by atoms with Crippen molar-refractivity contribution in [3.05, 3.63) is 52.6 Å². The van der Waals surface area contributed by atoms with E-state index >= 15 is 0 Å². The highest BCUT2D eigenvalue weighted by atomic mass is 32.2. The molecule has 3 rings (SSSR count). The summed E-state index contributed by atoms with van der Waals surface area (Å²) >= 11 is -0.504. The van der Waals surface area contributed by atoms with Crippen LogP contribution in [0.5, 0.6) is 5.75 Å². The molecule has 0 amide bonds. The molecule has 2 aromatic rings. The third-order valence-electron chi connectivity index (χ3n) is 4.04. The van der Waals surface area contributed by atoms with E-state index in [-0.39, 0.29) is 11.5 Å². The second kappa shape index (κ2) is 6.16. The Kier molecular flexibility index (Phi) is 4.34. The summed E-state index contributed by atoms with van der Waals surface area (Å²) in [5, 5.41) is 0. The van der Waals surface area contributed by atoms with Crippen molar-refractivity contribution < 1.29 is 22.1 Å². The number of carbonyl (C=O) groups is 1. The summed E-state index contributed by atoms with van der Waals surface area (Å²) in [7, 11) is 0. The molecule has 126 valence electrons. The second-order valence-electron chi connectivity index (χ2n) is 5.85. The number of aryl methyl sites for hydroxylation is 3. The van der Waals surface area contributed by atoms with Crippen LogP contribution in [-0.2, 0) is 6.42 Å². The van der Waals surface area contributed by atoms with E-state index in [2.05, 4.69) is 0 Å². The number of fused-ring (bicyclic) bond motifs is 1. The number of carbonyl (C=O) groups excluding carboxylic acids is 1. The van der Waals surface area contributed by atoms with Crippen LogP contribution in [0, 0.1) is 13.8 Å². The first-order valence-electron chi connectivity index (χ1n) is 7.45. The minimum Gasteiger partial charge on any atom is -0.417 e. The Morgan fingerprint density at radius 2 is 1.67 bits per heavy atom. The smallest absolute Gasteiger partial charge is 0.417 e. The van der Waals surface area contributed by atoms with Crippen molar-refractivity contribution in [2.24, 2.45) is 0 Å². The number of Topliss-reactive ketones (excluding diaryl/α,β-unsaturated/α-hetero) is 1. The lowest BCUT2D eigenvalue weighted by atomic mass is 9.97. The van der Waals surface area contributed by atoms with Crippen LogP contribution in [0.25, 0.3) is 11.1 Å². The van der Waals surface area contributed by atoms with Gasteiger partial charge in [-0.05, 0) is 60.2 Å². The molecule has 1 aliphatic carbocycles. The van der Waals surface area contributed by atoms with Gasteiger partial charge < -0.3 is 4.18 Å². The van der Waals surface area contributed by atoms with Crippen molar-refractivity contribution in [3.8, 4) is 16.9 Å². The fraction of sp³-hybridized carbons (Fsp3) is 0.278. The summed E-state index contributed by atoms with van der Waals surface area (Å²) in [6.45, 7) is 3.44. The van der Waals surface area contributed by atoms with Crippen molar-refractivity contribution in [1.82, 2.24) is 0 Å². The zero-order chi connectivity index (χ0) is 17.5. The van der Waals surface area contributed by atoms with Crippen LogP contribution in [0.3, 0.4) is 0 Å². The number of hydrogen-bond donors (Lipinski definition) is 0. The number of hydrogen-bond acceptors (Lipinski definition) is 3. The van der Waals surface area contributed by atoms with Crippen molar-refractivity contribution >= 4 is 17.8 Å². The van der Waals surface area contributed by atoms with E-state index in [0.717, 1.165) is 28.7 Å². The first kappa shape index (κ1) is 16.9. The Morgan fingerprint density at radius 3 is 2.29 bits per heavy atom. The van der Waals surface area contributed by atoms with Crippen molar-refractivity contribution in [2.75, 3.05) is 0 Å². The molecule has 0 fully saturated rings. The maximum absolute atomic E-state index is 12.3. The van der Waals surface area contributed by atoms with Crippen LogP contribution in [0.4, 0.5) is 13.2 Å². The predicted octanol–water partition coefficient (Wildman–Crippen LogP) is 5.65. The molecule has 0 spiro atoms. The number of rotatable bonds is 3. The summed E-state index contributed by atoms with van der Waals surface area (Å²) in [6, 6.07) is 9.30. The highest BCUT2D eigenvalue weighted by Gasteiger charge is 2.32. The molecule has 1 aliphatic rings. The summed E-state index contributed by atoms with van der Waals surface area (Å²) in [4.78, 5) is 11.7. The molecule has 0 unspecified atom stereocenters. The van der Waals surface area contributed by atoms with Crippen molar-refractivity contribution in [2.45, 2.75) is 32.2 Å². The maximum atomic E-state index is 12.3. The average molecular weight is 352 g/mol. The minimum absolute atomic E-state index is 0.164. The zero-order valence-electron chi connectivity index (χ0n) is 13.2. The lowest BCUT2D eigenvalue weighted by molar-refractivity contribution is -0.0369. The third kappa shape index (κ3) is 3.43. The van der Waals surface area contributed by atoms with Crippen molar-refractivity contribution in [3.63, 3.8) is 0 Å². The third-order valence-corrected chi connectivity index (χ3v) is 4.48. The normalized spacial score (nSPS) is 14.0. The van der Waals surface area contributed by atoms with E-state index in [1.165, 1.54) is 0 Å². The molecular formula is C18H15F3O2S. The Balaban J connectivity index is 1.92. The fourth-order valence-corrected chi connectivity index (χ4v) is 3.41. The van der Waals surface area contributed by atoms with Gasteiger partial charge in [0.1, 0.15) is 5.75 Å². The topological polar surface area (TPSA) is 26.3 Å². The molecule has 0 aromatic heterocycles. The fourth-order valence-electron chi connectivity index (χ4n) is 2.97. The molecule has 0 saturated heterocycles. The molecule has 0 radical (unpaired) electrons. The number of benzene rings is 2. The number of halogens is 3. The Morgan fingerprint density at radius 1 is 1.00 bits per heavy atom. The lowest BCUT2D eigenvalue weighted by Crippen LogP contribution is -2.04. The first-order valence-corrected chi connectivity index (χ1v) is 8.19. The summed E-state index contributed by atoms with van der Waals surface area (Å²) in [5.41, 5.74) is 0.483. The van der Waals surface area contributed by atoms with Gasteiger partial charge in [-0.25, -0.2) is 0 Å². The highest BCUT2D eigenvalue weighted by Crippen LogP contribution is 2.38. The largest absolute Gasteiger partial charge is 0.479 e. The molecule has 6 heteroatoms. The summed E-state index contributed by atoms with van der Waals surface area (Å²) in [6.07, 6.45) is 1.28. The SMILES string of the molecule is Cc1cc(-c2ccc3c(c2)CCC3=O)cc(C)c1OSC(F)(F)F. The molecule has 0 bridgehead atoms. The first-order chi connectivity index (χ1) is 11.2. The molecule has 2 aromatic carbocycles. The molecule has 0 atom stereocenters. The van der Waals surface area contributed by atoms with Crippen LogP contribution in [0.1, 0.15) is 33.5 Å². The standard InChI is InChI=1S/C18H15F3O2S/c1-10-7-14(8-11(2)17(10)23-24-18(19,20)21)12-3-5-15-13(9-12)4-6-16(15)22/h3,5,7-9H,4,6H2,1-2H3. The van der Waals surface area contributed by atoms with Crippen LogP contribution >= 0.6 is 12.0 Å². The maximum Gasteiger partial charge on any atom is 0.479 e. The van der Waals surface area contributed by atoms with Crippen LogP contribution in [-0.4, -0.2) is 11.3 Å². The van der Waals surface area contributed by atoms with Gasteiger partial charge in [-0.1, -0.05) is 18.2 Å². The van der Waals surface area contributed by atoms with E-state index in [1.807, 2.05) is 18.2 Å². The molecule has 24 heavy (non-hydrogen) atoms. The molecule has 0 aliphatic heterocycles.